The molecule has 262 valence electrons. The minimum Gasteiger partial charge on any atom is -0.344 e. The first-order valence-corrected chi connectivity index (χ1v) is 19.3. The van der Waals surface area contributed by atoms with Crippen LogP contribution >= 0.6 is 0 Å². The second-order valence-corrected chi connectivity index (χ2v) is 15.1. The molecule has 0 unspecified atom stereocenters. The number of rotatable bonds is 4. The first-order valence-electron chi connectivity index (χ1n) is 19.3. The highest BCUT2D eigenvalue weighted by Crippen LogP contribution is 2.40. The Morgan fingerprint density at radius 3 is 1.34 bits per heavy atom. The predicted molar refractivity (Wildman–Crippen MR) is 237 cm³/mol. The lowest BCUT2D eigenvalue weighted by atomic mass is 9.99. The summed E-state index contributed by atoms with van der Waals surface area (Å²) in [5.74, 6) is 0. The maximum atomic E-state index is 2.43. The van der Waals surface area contributed by atoms with E-state index >= 15 is 0 Å². The minimum absolute atomic E-state index is 1.15. The van der Waals surface area contributed by atoms with Gasteiger partial charge in [0.25, 0.3) is 0 Å². The van der Waals surface area contributed by atoms with Crippen molar-refractivity contribution in [2.75, 3.05) is 0 Å². The standard InChI is InChI=1S/C53H35N3/c1-54-48-26-22-36(30-46(48)47-28-34-12-8-9-13-35(34)31-51(47)54)37-23-27-50-45(29-37)44-25-21-39(33-53(44)56(50)41-16-6-3-7-17-41)38-20-24-43-42-18-10-11-19-49(42)55(52(43)32-38)40-14-4-2-5-15-40/h2-33H,1H3. The highest BCUT2D eigenvalue weighted by Gasteiger charge is 2.18. The lowest BCUT2D eigenvalue weighted by Gasteiger charge is -2.10. The number of para-hydroxylation sites is 3. The summed E-state index contributed by atoms with van der Waals surface area (Å²) >= 11 is 0. The van der Waals surface area contributed by atoms with E-state index in [2.05, 4.69) is 215 Å². The van der Waals surface area contributed by atoms with Crippen molar-refractivity contribution >= 4 is 76.2 Å². The average Bonchev–Trinajstić information content (AvgIpc) is 3.87. The van der Waals surface area contributed by atoms with Crippen LogP contribution in [0, 0.1) is 0 Å². The highest BCUT2D eigenvalue weighted by atomic mass is 15.0. The molecule has 0 atom stereocenters. The molecule has 3 aromatic heterocycles. The molecule has 0 aliphatic rings. The zero-order chi connectivity index (χ0) is 36.9. The molecule has 0 aliphatic heterocycles. The van der Waals surface area contributed by atoms with Crippen LogP contribution in [0.15, 0.2) is 194 Å². The summed E-state index contributed by atoms with van der Waals surface area (Å²) in [6, 6.07) is 71.4. The molecule has 9 aromatic carbocycles. The second kappa shape index (κ2) is 11.8. The van der Waals surface area contributed by atoms with Gasteiger partial charge in [0.05, 0.1) is 22.1 Å². The molecule has 0 amide bonds. The summed E-state index contributed by atoms with van der Waals surface area (Å²) in [5, 5.41) is 10.1. The summed E-state index contributed by atoms with van der Waals surface area (Å²) in [4.78, 5) is 0. The summed E-state index contributed by atoms with van der Waals surface area (Å²) in [5.41, 5.74) is 14.5. The molecular formula is C53H35N3. The molecule has 3 heteroatoms. The Morgan fingerprint density at radius 1 is 0.268 bits per heavy atom. The van der Waals surface area contributed by atoms with Crippen molar-refractivity contribution in [3.05, 3.63) is 194 Å². The number of hydrogen-bond donors (Lipinski definition) is 0. The molecule has 0 radical (unpaired) electrons. The molecule has 0 saturated heterocycles. The van der Waals surface area contributed by atoms with Gasteiger partial charge >= 0.3 is 0 Å². The maximum absolute atomic E-state index is 2.43. The van der Waals surface area contributed by atoms with Crippen molar-refractivity contribution < 1.29 is 0 Å². The third-order valence-corrected chi connectivity index (χ3v) is 12.0. The molecule has 12 aromatic rings. The number of aryl methyl sites for hydroxylation is 1. The Hall–Kier alpha value is -7.36. The fraction of sp³-hybridized carbons (Fsp3) is 0.0189. The molecule has 0 saturated carbocycles. The first-order chi connectivity index (χ1) is 27.7. The molecule has 12 rings (SSSR count). The van der Waals surface area contributed by atoms with E-state index in [1.807, 2.05) is 0 Å². The maximum Gasteiger partial charge on any atom is 0.0547 e. The molecule has 3 heterocycles. The van der Waals surface area contributed by atoms with Crippen LogP contribution in [0.4, 0.5) is 0 Å². The molecular weight excluding hydrogens is 679 g/mol. The monoisotopic (exact) mass is 713 g/mol. The number of fused-ring (bicyclic) bond motifs is 10. The van der Waals surface area contributed by atoms with Crippen molar-refractivity contribution in [2.24, 2.45) is 7.05 Å². The number of nitrogens with zero attached hydrogens (tertiary/aromatic N) is 3. The van der Waals surface area contributed by atoms with Crippen molar-refractivity contribution in [1.29, 1.82) is 0 Å². The summed E-state index contributed by atoms with van der Waals surface area (Å²) < 4.78 is 7.15. The van der Waals surface area contributed by atoms with Crippen LogP contribution in [0.5, 0.6) is 0 Å². The van der Waals surface area contributed by atoms with E-state index in [9.17, 15) is 0 Å². The SMILES string of the molecule is Cn1c2ccc(-c3ccc4c(c3)c3ccc(-c5ccc6c7ccccc7n(-c7ccccc7)c6c5)cc3n4-c3ccccc3)cc2c2cc3ccccc3cc21. The van der Waals surface area contributed by atoms with Gasteiger partial charge in [-0.2, -0.15) is 0 Å². The summed E-state index contributed by atoms with van der Waals surface area (Å²) in [7, 11) is 2.18. The molecule has 56 heavy (non-hydrogen) atoms. The van der Waals surface area contributed by atoms with Gasteiger partial charge in [-0.25, -0.2) is 0 Å². The van der Waals surface area contributed by atoms with Gasteiger partial charge in [0, 0.05) is 61.8 Å². The van der Waals surface area contributed by atoms with E-state index in [0.717, 1.165) is 5.69 Å². The van der Waals surface area contributed by atoms with Crippen molar-refractivity contribution in [2.45, 2.75) is 0 Å². The van der Waals surface area contributed by atoms with Crippen molar-refractivity contribution in [3.8, 4) is 33.6 Å². The van der Waals surface area contributed by atoms with Gasteiger partial charge in [-0.3, -0.25) is 0 Å². The van der Waals surface area contributed by atoms with Crippen LogP contribution < -0.4 is 0 Å². The molecule has 3 nitrogen and oxygen atoms in total. The number of hydrogen-bond acceptors (Lipinski definition) is 0. The van der Waals surface area contributed by atoms with E-state index in [0.29, 0.717) is 0 Å². The Kier molecular flexibility index (Phi) is 6.55. The molecule has 0 spiro atoms. The third kappa shape index (κ3) is 4.52. The molecule has 0 bridgehead atoms. The normalized spacial score (nSPS) is 12.0. The van der Waals surface area contributed by atoms with Crippen molar-refractivity contribution in [3.63, 3.8) is 0 Å². The van der Waals surface area contributed by atoms with E-state index in [-0.39, 0.29) is 0 Å². The van der Waals surface area contributed by atoms with Gasteiger partial charge in [0.15, 0.2) is 0 Å². The fourth-order valence-corrected chi connectivity index (χ4v) is 9.32. The zero-order valence-electron chi connectivity index (χ0n) is 30.8. The Labute approximate surface area is 323 Å². The lowest BCUT2D eigenvalue weighted by molar-refractivity contribution is 1.02. The van der Waals surface area contributed by atoms with Gasteiger partial charge in [-0.15, -0.1) is 0 Å². The smallest absolute Gasteiger partial charge is 0.0547 e. The average molecular weight is 714 g/mol. The Bertz CT molecular complexity index is 3530. The van der Waals surface area contributed by atoms with Crippen LogP contribution in [0.3, 0.4) is 0 Å². The van der Waals surface area contributed by atoms with Crippen molar-refractivity contribution in [1.82, 2.24) is 13.7 Å². The highest BCUT2D eigenvalue weighted by molar-refractivity contribution is 6.15. The number of benzene rings is 9. The molecule has 0 aliphatic carbocycles. The van der Waals surface area contributed by atoms with Crippen LogP contribution in [-0.2, 0) is 7.05 Å². The van der Waals surface area contributed by atoms with Crippen LogP contribution in [0.2, 0.25) is 0 Å². The zero-order valence-corrected chi connectivity index (χ0v) is 30.8. The largest absolute Gasteiger partial charge is 0.344 e. The van der Waals surface area contributed by atoms with E-state index < -0.39 is 0 Å². The summed E-state index contributed by atoms with van der Waals surface area (Å²) in [6.45, 7) is 0. The summed E-state index contributed by atoms with van der Waals surface area (Å²) in [6.07, 6.45) is 0. The van der Waals surface area contributed by atoms with Gasteiger partial charge in [-0.1, -0.05) is 115 Å². The predicted octanol–water partition coefficient (Wildman–Crippen LogP) is 14.0. The third-order valence-electron chi connectivity index (χ3n) is 12.0. The van der Waals surface area contributed by atoms with Gasteiger partial charge in [0.2, 0.25) is 0 Å². The first kappa shape index (κ1) is 31.0. The second-order valence-electron chi connectivity index (χ2n) is 15.1. The minimum atomic E-state index is 1.15. The van der Waals surface area contributed by atoms with Crippen LogP contribution in [0.1, 0.15) is 0 Å². The van der Waals surface area contributed by atoms with Crippen LogP contribution in [-0.4, -0.2) is 13.7 Å². The fourth-order valence-electron chi connectivity index (χ4n) is 9.32. The molecule has 0 N–H and O–H groups in total. The van der Waals surface area contributed by atoms with Gasteiger partial charge < -0.3 is 13.7 Å². The van der Waals surface area contributed by atoms with E-state index in [1.165, 1.54) is 104 Å². The van der Waals surface area contributed by atoms with Gasteiger partial charge in [-0.05, 0) is 112 Å². The Morgan fingerprint density at radius 2 is 0.696 bits per heavy atom. The quantitative estimate of drug-likeness (QED) is 0.172. The number of aromatic nitrogens is 3. The topological polar surface area (TPSA) is 14.8 Å². The Balaban J connectivity index is 1.05. The van der Waals surface area contributed by atoms with Gasteiger partial charge in [0.1, 0.15) is 0 Å². The lowest BCUT2D eigenvalue weighted by Crippen LogP contribution is -1.94. The van der Waals surface area contributed by atoms with E-state index in [4.69, 9.17) is 0 Å². The van der Waals surface area contributed by atoms with E-state index in [1.54, 1.807) is 0 Å². The molecule has 0 fully saturated rings. The van der Waals surface area contributed by atoms with Crippen LogP contribution in [0.25, 0.3) is 110 Å².